The molecule has 0 radical (unpaired) electrons. The molecule has 2 aromatic heterocycles. The zero-order valence-electron chi connectivity index (χ0n) is 17.7. The van der Waals surface area contributed by atoms with Crippen LogP contribution >= 0.6 is 11.8 Å². The third-order valence-electron chi connectivity index (χ3n) is 4.87. The second kappa shape index (κ2) is 8.83. The smallest absolute Gasteiger partial charge is 0.264 e. The van der Waals surface area contributed by atoms with Crippen molar-refractivity contribution in [1.29, 1.82) is 0 Å². The van der Waals surface area contributed by atoms with Gasteiger partial charge in [-0.2, -0.15) is 10.1 Å². The molecule has 32 heavy (non-hydrogen) atoms. The summed E-state index contributed by atoms with van der Waals surface area (Å²) >= 11 is 1.35. The number of anilines is 2. The quantitative estimate of drug-likeness (QED) is 0.420. The molecule has 2 aromatic carbocycles. The highest BCUT2D eigenvalue weighted by molar-refractivity contribution is 7.98. The zero-order chi connectivity index (χ0) is 22.8. The number of halogens is 1. The Hall–Kier alpha value is -3.66. The SMILES string of the molecule is CSc1nn(CC(=O)Nc2cc(F)ccc2C)c(N)c1-c1nc(-c2ccc(C)cc2)no1. The fraction of sp³-hybridized carbons (Fsp3) is 0.182. The van der Waals surface area contributed by atoms with Crippen LogP contribution in [0.3, 0.4) is 0 Å². The number of hydrogen-bond donors (Lipinski definition) is 2. The summed E-state index contributed by atoms with van der Waals surface area (Å²) in [6.45, 7) is 3.62. The molecule has 1 amide bonds. The van der Waals surface area contributed by atoms with Gasteiger partial charge in [-0.3, -0.25) is 4.79 Å². The van der Waals surface area contributed by atoms with Crippen molar-refractivity contribution in [2.24, 2.45) is 0 Å². The largest absolute Gasteiger partial charge is 0.383 e. The molecule has 0 aliphatic rings. The predicted molar refractivity (Wildman–Crippen MR) is 122 cm³/mol. The highest BCUT2D eigenvalue weighted by atomic mass is 32.2. The fourth-order valence-corrected chi connectivity index (χ4v) is 3.69. The molecule has 10 heteroatoms. The Kier molecular flexibility index (Phi) is 5.95. The van der Waals surface area contributed by atoms with Crippen molar-refractivity contribution in [2.75, 3.05) is 17.3 Å². The number of benzene rings is 2. The highest BCUT2D eigenvalue weighted by Crippen LogP contribution is 2.35. The van der Waals surface area contributed by atoms with Crippen molar-refractivity contribution in [1.82, 2.24) is 19.9 Å². The van der Waals surface area contributed by atoms with Gasteiger partial charge in [0.05, 0.1) is 0 Å². The zero-order valence-corrected chi connectivity index (χ0v) is 18.5. The molecule has 0 fully saturated rings. The van der Waals surface area contributed by atoms with Crippen LogP contribution < -0.4 is 11.1 Å². The van der Waals surface area contributed by atoms with E-state index in [9.17, 15) is 9.18 Å². The summed E-state index contributed by atoms with van der Waals surface area (Å²) in [6, 6.07) is 11.9. The Morgan fingerprint density at radius 3 is 2.69 bits per heavy atom. The van der Waals surface area contributed by atoms with Crippen LogP contribution in [-0.4, -0.2) is 32.1 Å². The molecule has 0 unspecified atom stereocenters. The second-order valence-corrected chi connectivity index (χ2v) is 8.02. The van der Waals surface area contributed by atoms with Gasteiger partial charge < -0.3 is 15.6 Å². The lowest BCUT2D eigenvalue weighted by Gasteiger charge is -2.09. The number of carbonyl (C=O) groups is 1. The molecule has 4 rings (SSSR count). The summed E-state index contributed by atoms with van der Waals surface area (Å²) in [6.07, 6.45) is 1.84. The highest BCUT2D eigenvalue weighted by Gasteiger charge is 2.24. The van der Waals surface area contributed by atoms with Crippen LogP contribution in [0.5, 0.6) is 0 Å². The third-order valence-corrected chi connectivity index (χ3v) is 5.54. The first kappa shape index (κ1) is 21.6. The van der Waals surface area contributed by atoms with Crippen LogP contribution in [-0.2, 0) is 11.3 Å². The van der Waals surface area contributed by atoms with Crippen LogP contribution in [0.25, 0.3) is 22.8 Å². The molecule has 2 heterocycles. The minimum Gasteiger partial charge on any atom is -0.383 e. The summed E-state index contributed by atoms with van der Waals surface area (Å²) in [4.78, 5) is 17.0. The monoisotopic (exact) mass is 452 g/mol. The first-order valence-electron chi connectivity index (χ1n) is 9.73. The Balaban J connectivity index is 1.59. The summed E-state index contributed by atoms with van der Waals surface area (Å²) in [7, 11) is 0. The maximum absolute atomic E-state index is 13.5. The first-order chi connectivity index (χ1) is 15.4. The van der Waals surface area contributed by atoms with Gasteiger partial charge in [0.15, 0.2) is 0 Å². The van der Waals surface area contributed by atoms with E-state index < -0.39 is 11.7 Å². The average molecular weight is 453 g/mol. The molecular weight excluding hydrogens is 431 g/mol. The molecule has 3 N–H and O–H groups in total. The Morgan fingerprint density at radius 2 is 1.97 bits per heavy atom. The van der Waals surface area contributed by atoms with Crippen molar-refractivity contribution in [3.05, 3.63) is 59.4 Å². The molecule has 0 aliphatic carbocycles. The van der Waals surface area contributed by atoms with Crippen molar-refractivity contribution < 1.29 is 13.7 Å². The van der Waals surface area contributed by atoms with E-state index >= 15 is 0 Å². The van der Waals surface area contributed by atoms with E-state index in [-0.39, 0.29) is 18.3 Å². The molecule has 0 aliphatic heterocycles. The summed E-state index contributed by atoms with van der Waals surface area (Å²) in [5.74, 6) is 0.0448. The van der Waals surface area contributed by atoms with Gasteiger partial charge in [0.2, 0.25) is 11.7 Å². The van der Waals surface area contributed by atoms with Gasteiger partial charge in [-0.05, 0) is 37.8 Å². The van der Waals surface area contributed by atoms with Crippen molar-refractivity contribution >= 4 is 29.2 Å². The molecule has 8 nitrogen and oxygen atoms in total. The molecule has 4 aromatic rings. The first-order valence-corrected chi connectivity index (χ1v) is 11.0. The van der Waals surface area contributed by atoms with E-state index in [1.54, 1.807) is 13.0 Å². The number of nitrogens with one attached hydrogen (secondary N) is 1. The lowest BCUT2D eigenvalue weighted by Crippen LogP contribution is -2.21. The minimum atomic E-state index is -0.433. The number of thioether (sulfide) groups is 1. The standard InChI is InChI=1S/C22H21FN6O2S/c1-12-4-7-14(8-5-12)20-26-21(31-28-20)18-19(24)29(27-22(18)32-3)11-17(30)25-16-10-15(23)9-6-13(16)2/h4-10H,11,24H2,1-3H3,(H,25,30). The van der Waals surface area contributed by atoms with Gasteiger partial charge in [0.1, 0.15) is 28.8 Å². The average Bonchev–Trinajstić information content (AvgIpc) is 3.36. The van der Waals surface area contributed by atoms with Gasteiger partial charge in [-0.1, -0.05) is 41.1 Å². The van der Waals surface area contributed by atoms with E-state index in [0.29, 0.717) is 22.1 Å². The molecule has 0 bridgehead atoms. The number of nitrogens with zero attached hydrogens (tertiary/aromatic N) is 4. The maximum atomic E-state index is 13.5. The van der Waals surface area contributed by atoms with Crippen molar-refractivity contribution in [2.45, 2.75) is 25.4 Å². The minimum absolute atomic E-state index is 0.158. The van der Waals surface area contributed by atoms with Crippen LogP contribution in [0, 0.1) is 19.7 Å². The Labute approximate surface area is 188 Å². The van der Waals surface area contributed by atoms with Crippen LogP contribution in [0.1, 0.15) is 11.1 Å². The number of aryl methyl sites for hydroxylation is 2. The molecule has 0 spiro atoms. The van der Waals surface area contributed by atoms with E-state index in [4.69, 9.17) is 10.3 Å². The lowest BCUT2D eigenvalue weighted by atomic mass is 10.1. The van der Waals surface area contributed by atoms with Crippen molar-refractivity contribution in [3.63, 3.8) is 0 Å². The van der Waals surface area contributed by atoms with Gasteiger partial charge in [0.25, 0.3) is 5.89 Å². The normalized spacial score (nSPS) is 11.0. The number of nitrogen functional groups attached to an aromatic ring is 1. The van der Waals surface area contributed by atoms with Gasteiger partial charge in [-0.15, -0.1) is 11.8 Å². The summed E-state index contributed by atoms with van der Waals surface area (Å²) in [5.41, 5.74) is 9.84. The lowest BCUT2D eigenvalue weighted by molar-refractivity contribution is -0.116. The Morgan fingerprint density at radius 1 is 1.22 bits per heavy atom. The number of hydrogen-bond acceptors (Lipinski definition) is 7. The number of carbonyl (C=O) groups excluding carboxylic acids is 1. The number of nitrogens with two attached hydrogens (primary N) is 1. The predicted octanol–water partition coefficient (Wildman–Crippen LogP) is 4.30. The fourth-order valence-electron chi connectivity index (χ4n) is 3.12. The molecule has 0 saturated carbocycles. The number of rotatable bonds is 6. The summed E-state index contributed by atoms with van der Waals surface area (Å²) in [5, 5.41) is 11.7. The van der Waals surface area contributed by atoms with E-state index in [1.165, 1.54) is 28.6 Å². The van der Waals surface area contributed by atoms with Gasteiger partial charge >= 0.3 is 0 Å². The van der Waals surface area contributed by atoms with Crippen LogP contribution in [0.4, 0.5) is 15.9 Å². The van der Waals surface area contributed by atoms with Gasteiger partial charge in [0, 0.05) is 11.3 Å². The van der Waals surface area contributed by atoms with Crippen molar-refractivity contribution in [3.8, 4) is 22.8 Å². The van der Waals surface area contributed by atoms with E-state index in [0.717, 1.165) is 16.7 Å². The summed E-state index contributed by atoms with van der Waals surface area (Å²) < 4.78 is 20.3. The van der Waals surface area contributed by atoms with E-state index in [2.05, 4.69) is 20.6 Å². The van der Waals surface area contributed by atoms with Gasteiger partial charge in [-0.25, -0.2) is 9.07 Å². The molecular formula is C22H21FN6O2S. The number of amides is 1. The Bertz CT molecular complexity index is 1280. The van der Waals surface area contributed by atoms with E-state index in [1.807, 2.05) is 37.4 Å². The topological polar surface area (TPSA) is 112 Å². The van der Waals surface area contributed by atoms with Crippen LogP contribution in [0.2, 0.25) is 0 Å². The third kappa shape index (κ3) is 4.35. The maximum Gasteiger partial charge on any atom is 0.264 e. The number of aromatic nitrogens is 4. The second-order valence-electron chi connectivity index (χ2n) is 7.22. The molecule has 164 valence electrons. The van der Waals surface area contributed by atoms with Crippen LogP contribution in [0.15, 0.2) is 52.0 Å². The molecule has 0 atom stereocenters. The molecule has 0 saturated heterocycles.